The lowest BCUT2D eigenvalue weighted by Gasteiger charge is -2.35. The van der Waals surface area contributed by atoms with Gasteiger partial charge in [-0.1, -0.05) is 54.0 Å². The number of ether oxygens (including phenoxy) is 1. The average molecular weight is 418 g/mol. The van der Waals surface area contributed by atoms with E-state index >= 15 is 0 Å². The number of urea groups is 1. The molecule has 160 valence electrons. The summed E-state index contributed by atoms with van der Waals surface area (Å²) in [6.07, 6.45) is 0.837. The molecule has 7 nitrogen and oxygen atoms in total. The third kappa shape index (κ3) is 4.03. The summed E-state index contributed by atoms with van der Waals surface area (Å²) in [6, 6.07) is 15.0. The van der Waals surface area contributed by atoms with Gasteiger partial charge in [0.1, 0.15) is 5.75 Å². The molecule has 2 aromatic carbocycles. The molecule has 3 aromatic rings. The Hall–Kier alpha value is -3.61. The van der Waals surface area contributed by atoms with Crippen LogP contribution in [0.3, 0.4) is 0 Å². The van der Waals surface area contributed by atoms with Crippen LogP contribution in [0.1, 0.15) is 43.3 Å². The minimum Gasteiger partial charge on any atom is -0.497 e. The first-order valence-electron chi connectivity index (χ1n) is 10.4. The lowest BCUT2D eigenvalue weighted by molar-refractivity contribution is 0.205. The highest BCUT2D eigenvalue weighted by molar-refractivity contribution is 5.86. The highest BCUT2D eigenvalue weighted by atomic mass is 16.5. The van der Waals surface area contributed by atoms with Gasteiger partial charge in [-0.2, -0.15) is 4.98 Å². The summed E-state index contributed by atoms with van der Waals surface area (Å²) in [4.78, 5) is 19.2. The molecule has 0 fully saturated rings. The van der Waals surface area contributed by atoms with Crippen molar-refractivity contribution < 1.29 is 14.1 Å². The van der Waals surface area contributed by atoms with Crippen LogP contribution in [0, 0.1) is 6.92 Å². The van der Waals surface area contributed by atoms with Crippen molar-refractivity contribution in [2.75, 3.05) is 13.7 Å². The van der Waals surface area contributed by atoms with Crippen LogP contribution >= 0.6 is 0 Å². The van der Waals surface area contributed by atoms with Gasteiger partial charge in [0.25, 0.3) is 5.89 Å². The van der Waals surface area contributed by atoms with Crippen molar-refractivity contribution in [1.29, 1.82) is 0 Å². The number of nitrogens with zero attached hydrogens (tertiary/aromatic N) is 3. The molecule has 0 saturated carbocycles. The smallest absolute Gasteiger partial charge is 0.322 e. The lowest BCUT2D eigenvalue weighted by atomic mass is 9.94. The van der Waals surface area contributed by atoms with E-state index in [2.05, 4.69) is 15.5 Å². The molecular formula is C24H26N4O3. The minimum atomic E-state index is -0.405. The molecule has 2 heterocycles. The number of hydrogen-bond donors (Lipinski definition) is 1. The molecule has 0 spiro atoms. The van der Waals surface area contributed by atoms with E-state index in [0.717, 1.165) is 40.1 Å². The molecule has 1 atom stereocenters. The molecule has 1 unspecified atom stereocenters. The Bertz CT molecular complexity index is 1100. The van der Waals surface area contributed by atoms with E-state index in [1.807, 2.05) is 69.3 Å². The molecule has 0 bridgehead atoms. The third-order valence-corrected chi connectivity index (χ3v) is 5.46. The summed E-state index contributed by atoms with van der Waals surface area (Å²) in [5.74, 6) is 1.66. The molecule has 4 rings (SSSR count). The SMILES string of the molecule is CCCN1C(=O)NC(c2ccc(OC)cc2)C(c2nc(-c3ccc(C)cc3)no2)=C1C. The second-order valence-corrected chi connectivity index (χ2v) is 7.60. The van der Waals surface area contributed by atoms with Crippen molar-refractivity contribution in [3.8, 4) is 17.1 Å². The largest absolute Gasteiger partial charge is 0.497 e. The third-order valence-electron chi connectivity index (χ3n) is 5.46. The van der Waals surface area contributed by atoms with Crippen LogP contribution in [0.15, 0.2) is 58.8 Å². The maximum absolute atomic E-state index is 12.8. The Balaban J connectivity index is 1.79. The van der Waals surface area contributed by atoms with Crippen molar-refractivity contribution in [2.24, 2.45) is 0 Å². The first-order chi connectivity index (χ1) is 15.0. The topological polar surface area (TPSA) is 80.5 Å². The Labute approximate surface area is 181 Å². The second-order valence-electron chi connectivity index (χ2n) is 7.60. The Morgan fingerprint density at radius 2 is 1.81 bits per heavy atom. The summed E-state index contributed by atoms with van der Waals surface area (Å²) in [7, 11) is 1.63. The number of aromatic nitrogens is 2. The predicted octanol–water partition coefficient (Wildman–Crippen LogP) is 4.96. The summed E-state index contributed by atoms with van der Waals surface area (Å²) < 4.78 is 11.0. The van der Waals surface area contributed by atoms with Crippen LogP contribution in [0.4, 0.5) is 4.79 Å². The lowest BCUT2D eigenvalue weighted by Crippen LogP contribution is -2.46. The molecule has 7 heteroatoms. The number of carbonyl (C=O) groups excluding carboxylic acids is 1. The number of allylic oxidation sites excluding steroid dienone is 1. The van der Waals surface area contributed by atoms with Gasteiger partial charge in [0.15, 0.2) is 0 Å². The van der Waals surface area contributed by atoms with Crippen molar-refractivity contribution in [1.82, 2.24) is 20.4 Å². The maximum atomic E-state index is 12.8. The van der Waals surface area contributed by atoms with Gasteiger partial charge in [0, 0.05) is 17.8 Å². The molecule has 2 amide bonds. The number of carbonyl (C=O) groups is 1. The molecule has 1 aliphatic heterocycles. The van der Waals surface area contributed by atoms with Gasteiger partial charge in [-0.3, -0.25) is 4.90 Å². The fourth-order valence-corrected chi connectivity index (χ4v) is 3.75. The van der Waals surface area contributed by atoms with Crippen molar-refractivity contribution in [3.63, 3.8) is 0 Å². The zero-order valence-corrected chi connectivity index (χ0v) is 18.2. The molecule has 0 aliphatic carbocycles. The van der Waals surface area contributed by atoms with Crippen LogP contribution in [0.5, 0.6) is 5.75 Å². The van der Waals surface area contributed by atoms with Crippen LogP contribution in [0.2, 0.25) is 0 Å². The number of aryl methyl sites for hydroxylation is 1. The molecule has 0 saturated heterocycles. The molecule has 0 radical (unpaired) electrons. The minimum absolute atomic E-state index is 0.137. The Morgan fingerprint density at radius 1 is 1.10 bits per heavy atom. The van der Waals surface area contributed by atoms with Crippen molar-refractivity contribution >= 4 is 11.6 Å². The van der Waals surface area contributed by atoms with Gasteiger partial charge in [-0.15, -0.1) is 0 Å². The predicted molar refractivity (Wildman–Crippen MR) is 118 cm³/mol. The van der Waals surface area contributed by atoms with E-state index in [1.54, 1.807) is 12.0 Å². The Morgan fingerprint density at radius 3 is 2.45 bits per heavy atom. The highest BCUT2D eigenvalue weighted by Crippen LogP contribution is 2.37. The summed E-state index contributed by atoms with van der Waals surface area (Å²) in [6.45, 7) is 6.61. The fraction of sp³-hybridized carbons (Fsp3) is 0.292. The summed E-state index contributed by atoms with van der Waals surface area (Å²) in [5, 5.41) is 7.30. The van der Waals surface area contributed by atoms with Gasteiger partial charge < -0.3 is 14.6 Å². The van der Waals surface area contributed by atoms with E-state index in [4.69, 9.17) is 9.26 Å². The zero-order valence-electron chi connectivity index (χ0n) is 18.2. The fourth-order valence-electron chi connectivity index (χ4n) is 3.75. The van der Waals surface area contributed by atoms with Gasteiger partial charge in [0.05, 0.1) is 18.7 Å². The van der Waals surface area contributed by atoms with Crippen LogP contribution in [-0.4, -0.2) is 34.7 Å². The number of nitrogens with one attached hydrogen (secondary N) is 1. The molecular weight excluding hydrogens is 392 g/mol. The van der Waals surface area contributed by atoms with Crippen LogP contribution in [0.25, 0.3) is 17.0 Å². The van der Waals surface area contributed by atoms with Gasteiger partial charge in [-0.05, 0) is 38.0 Å². The normalized spacial score (nSPS) is 16.5. The monoisotopic (exact) mass is 418 g/mol. The summed E-state index contributed by atoms with van der Waals surface area (Å²) >= 11 is 0. The highest BCUT2D eigenvalue weighted by Gasteiger charge is 2.35. The van der Waals surface area contributed by atoms with Crippen molar-refractivity contribution in [3.05, 3.63) is 71.2 Å². The molecule has 1 aliphatic rings. The second kappa shape index (κ2) is 8.63. The van der Waals surface area contributed by atoms with Gasteiger partial charge >= 0.3 is 6.03 Å². The first-order valence-corrected chi connectivity index (χ1v) is 10.4. The zero-order chi connectivity index (χ0) is 22.0. The van der Waals surface area contributed by atoms with Crippen molar-refractivity contribution in [2.45, 2.75) is 33.2 Å². The maximum Gasteiger partial charge on any atom is 0.322 e. The molecule has 31 heavy (non-hydrogen) atoms. The van der Waals surface area contributed by atoms with Crippen LogP contribution in [-0.2, 0) is 0 Å². The van der Waals surface area contributed by atoms with Gasteiger partial charge in [0.2, 0.25) is 5.82 Å². The number of rotatable bonds is 6. The van der Waals surface area contributed by atoms with Gasteiger partial charge in [-0.25, -0.2) is 4.79 Å². The number of hydrogen-bond acceptors (Lipinski definition) is 5. The number of methoxy groups -OCH3 is 1. The Kier molecular flexibility index (Phi) is 5.75. The molecule has 1 N–H and O–H groups in total. The van der Waals surface area contributed by atoms with E-state index in [1.165, 1.54) is 0 Å². The summed E-state index contributed by atoms with van der Waals surface area (Å²) in [5.41, 5.74) is 4.56. The van der Waals surface area contributed by atoms with E-state index in [-0.39, 0.29) is 6.03 Å². The van der Waals surface area contributed by atoms with E-state index in [0.29, 0.717) is 18.3 Å². The number of amides is 2. The molecule has 1 aromatic heterocycles. The van der Waals surface area contributed by atoms with Crippen LogP contribution < -0.4 is 10.1 Å². The number of benzene rings is 2. The standard InChI is InChI=1S/C24H26N4O3/c1-5-14-28-16(3)20(21(25-24(28)29)17-10-12-19(30-4)13-11-17)23-26-22(27-31-23)18-8-6-15(2)7-9-18/h6-13,21H,5,14H2,1-4H3,(H,25,29). The quantitative estimate of drug-likeness (QED) is 0.612. The van der Waals surface area contributed by atoms with E-state index < -0.39 is 6.04 Å². The average Bonchev–Trinajstić information content (AvgIpc) is 3.26. The van der Waals surface area contributed by atoms with E-state index in [9.17, 15) is 4.79 Å². The first kappa shape index (κ1) is 20.7.